The van der Waals surface area contributed by atoms with Crippen LogP contribution >= 0.6 is 0 Å². The predicted molar refractivity (Wildman–Crippen MR) is 56.5 cm³/mol. The molecular formula is C11H20ClNO. The van der Waals surface area contributed by atoms with Crippen molar-refractivity contribution in [3.63, 3.8) is 0 Å². The summed E-state index contributed by atoms with van der Waals surface area (Å²) in [6.45, 7) is 3.22. The van der Waals surface area contributed by atoms with Gasteiger partial charge in [0.1, 0.15) is 6.54 Å². The molecule has 0 bridgehead atoms. The van der Waals surface area contributed by atoms with E-state index in [4.69, 9.17) is 0 Å². The third-order valence-corrected chi connectivity index (χ3v) is 1.78. The van der Waals surface area contributed by atoms with Crippen LogP contribution in [-0.4, -0.2) is 31.1 Å². The molecule has 0 fully saturated rings. The fraction of sp³-hybridized carbons (Fsp3) is 0.455. The molecule has 0 saturated heterocycles. The highest BCUT2D eigenvalue weighted by Gasteiger charge is 2.07. The van der Waals surface area contributed by atoms with E-state index in [1.165, 1.54) is 11.1 Å². The minimum atomic E-state index is 0. The molecule has 1 rings (SSSR count). The van der Waals surface area contributed by atoms with Gasteiger partial charge < -0.3 is 22.4 Å². The maximum Gasteiger partial charge on any atom is 0.104 e. The molecule has 0 atom stereocenters. The second-order valence-corrected chi connectivity index (χ2v) is 4.43. The molecule has 0 unspecified atom stereocenters. The molecule has 0 saturated carbocycles. The molecule has 0 aliphatic heterocycles. The zero-order valence-corrected chi connectivity index (χ0v) is 10.1. The molecule has 14 heavy (non-hydrogen) atoms. The molecule has 0 heterocycles. The molecule has 82 valence electrons. The fourth-order valence-corrected chi connectivity index (χ4v) is 1.24. The van der Waals surface area contributed by atoms with Gasteiger partial charge in [0.05, 0.1) is 21.1 Å². The zero-order valence-electron chi connectivity index (χ0n) is 9.34. The molecular weight excluding hydrogens is 198 g/mol. The lowest BCUT2D eigenvalue weighted by atomic mass is 10.1. The molecule has 1 aromatic rings. The minimum absolute atomic E-state index is 0. The maximum absolute atomic E-state index is 2.21. The SMILES string of the molecule is Cc1ccc(C[N+](C)(C)C)cc1.O.[Cl-]. The molecule has 2 N–H and O–H groups in total. The van der Waals surface area contributed by atoms with Crippen LogP contribution in [0.25, 0.3) is 0 Å². The van der Waals surface area contributed by atoms with Crippen LogP contribution in [0.1, 0.15) is 11.1 Å². The van der Waals surface area contributed by atoms with Gasteiger partial charge >= 0.3 is 0 Å². The first kappa shape index (κ1) is 15.9. The maximum atomic E-state index is 2.21. The largest absolute Gasteiger partial charge is 1.00 e. The van der Waals surface area contributed by atoms with Crippen molar-refractivity contribution >= 4 is 0 Å². The number of nitrogens with zero attached hydrogens (tertiary/aromatic N) is 1. The Morgan fingerprint density at radius 1 is 1.00 bits per heavy atom. The van der Waals surface area contributed by atoms with E-state index in [1.54, 1.807) is 0 Å². The van der Waals surface area contributed by atoms with E-state index in [0.717, 1.165) is 11.0 Å². The van der Waals surface area contributed by atoms with Gasteiger partial charge in [-0.3, -0.25) is 0 Å². The van der Waals surface area contributed by atoms with E-state index >= 15 is 0 Å². The predicted octanol–water partition coefficient (Wildman–Crippen LogP) is -1.62. The van der Waals surface area contributed by atoms with Crippen LogP contribution in [0.15, 0.2) is 24.3 Å². The lowest BCUT2D eigenvalue weighted by Gasteiger charge is -2.23. The van der Waals surface area contributed by atoms with Gasteiger partial charge in [0.25, 0.3) is 0 Å². The molecule has 2 nitrogen and oxygen atoms in total. The van der Waals surface area contributed by atoms with Crippen molar-refractivity contribution in [2.24, 2.45) is 0 Å². The van der Waals surface area contributed by atoms with Crippen molar-refractivity contribution < 1.29 is 22.4 Å². The molecule has 0 spiro atoms. The molecule has 0 aromatic heterocycles. The molecule has 0 amide bonds. The molecule has 0 aliphatic carbocycles. The van der Waals surface area contributed by atoms with Gasteiger partial charge in [0, 0.05) is 5.56 Å². The van der Waals surface area contributed by atoms with Crippen LogP contribution in [0.2, 0.25) is 0 Å². The van der Waals surface area contributed by atoms with E-state index in [-0.39, 0.29) is 17.9 Å². The van der Waals surface area contributed by atoms with E-state index < -0.39 is 0 Å². The van der Waals surface area contributed by atoms with Crippen molar-refractivity contribution in [3.8, 4) is 0 Å². The van der Waals surface area contributed by atoms with Crippen molar-refractivity contribution in [3.05, 3.63) is 35.4 Å². The monoisotopic (exact) mass is 217 g/mol. The number of benzene rings is 1. The van der Waals surface area contributed by atoms with E-state index in [9.17, 15) is 0 Å². The van der Waals surface area contributed by atoms with Crippen molar-refractivity contribution in [1.29, 1.82) is 0 Å². The number of quaternary nitrogens is 1. The normalized spacial score (nSPS) is 10.0. The second kappa shape index (κ2) is 6.02. The number of hydrogen-bond donors (Lipinski definition) is 0. The summed E-state index contributed by atoms with van der Waals surface area (Å²) in [5.41, 5.74) is 2.74. The fourth-order valence-electron chi connectivity index (χ4n) is 1.24. The van der Waals surface area contributed by atoms with Crippen LogP contribution in [0, 0.1) is 6.92 Å². The van der Waals surface area contributed by atoms with Crippen LogP contribution in [0.5, 0.6) is 0 Å². The zero-order chi connectivity index (χ0) is 9.19. The van der Waals surface area contributed by atoms with Crippen molar-refractivity contribution in [1.82, 2.24) is 0 Å². The van der Waals surface area contributed by atoms with Gasteiger partial charge in [-0.15, -0.1) is 0 Å². The van der Waals surface area contributed by atoms with Crippen LogP contribution < -0.4 is 12.4 Å². The van der Waals surface area contributed by atoms with E-state index in [1.807, 2.05) is 0 Å². The number of rotatable bonds is 2. The van der Waals surface area contributed by atoms with E-state index in [0.29, 0.717) is 0 Å². The van der Waals surface area contributed by atoms with Gasteiger partial charge in [0.2, 0.25) is 0 Å². The Kier molecular flexibility index (Phi) is 6.82. The summed E-state index contributed by atoms with van der Waals surface area (Å²) in [6.07, 6.45) is 0. The average molecular weight is 218 g/mol. The Labute approximate surface area is 92.9 Å². The summed E-state index contributed by atoms with van der Waals surface area (Å²) in [5.74, 6) is 0. The first-order valence-electron chi connectivity index (χ1n) is 4.33. The smallest absolute Gasteiger partial charge is 0.104 e. The van der Waals surface area contributed by atoms with Crippen LogP contribution in [-0.2, 0) is 6.54 Å². The quantitative estimate of drug-likeness (QED) is 0.534. The first-order chi connectivity index (χ1) is 5.47. The lowest BCUT2D eigenvalue weighted by Crippen LogP contribution is -3.00. The summed E-state index contributed by atoms with van der Waals surface area (Å²) >= 11 is 0. The van der Waals surface area contributed by atoms with E-state index in [2.05, 4.69) is 52.3 Å². The third kappa shape index (κ3) is 5.97. The van der Waals surface area contributed by atoms with Crippen molar-refractivity contribution in [2.75, 3.05) is 21.1 Å². The Morgan fingerprint density at radius 2 is 1.43 bits per heavy atom. The highest BCUT2D eigenvalue weighted by molar-refractivity contribution is 5.20. The van der Waals surface area contributed by atoms with Gasteiger partial charge in [-0.05, 0) is 6.92 Å². The average Bonchev–Trinajstić information content (AvgIpc) is 1.91. The van der Waals surface area contributed by atoms with Gasteiger partial charge in [0.15, 0.2) is 0 Å². The Hall–Kier alpha value is -0.570. The minimum Gasteiger partial charge on any atom is -1.00 e. The second-order valence-electron chi connectivity index (χ2n) is 4.43. The Morgan fingerprint density at radius 3 is 1.79 bits per heavy atom. The van der Waals surface area contributed by atoms with Gasteiger partial charge in [-0.25, -0.2) is 0 Å². The molecule has 3 heteroatoms. The lowest BCUT2D eigenvalue weighted by molar-refractivity contribution is -0.884. The van der Waals surface area contributed by atoms with Gasteiger partial charge in [-0.2, -0.15) is 0 Å². The number of hydrogen-bond acceptors (Lipinski definition) is 0. The molecule has 1 aromatic carbocycles. The summed E-state index contributed by atoms with van der Waals surface area (Å²) in [6, 6.07) is 8.76. The number of halogens is 1. The first-order valence-corrected chi connectivity index (χ1v) is 4.33. The summed E-state index contributed by atoms with van der Waals surface area (Å²) in [7, 11) is 6.62. The van der Waals surface area contributed by atoms with Crippen molar-refractivity contribution in [2.45, 2.75) is 13.5 Å². The summed E-state index contributed by atoms with van der Waals surface area (Å²) in [5, 5.41) is 0. The van der Waals surface area contributed by atoms with Crippen LogP contribution in [0.3, 0.4) is 0 Å². The summed E-state index contributed by atoms with van der Waals surface area (Å²) < 4.78 is 0.989. The number of aryl methyl sites for hydroxylation is 1. The standard InChI is InChI=1S/C11H18N.ClH.H2O/c1-10-5-7-11(8-6-10)9-12(2,3)4;;/h5-8H,9H2,1-4H3;1H;1H2/q+1;;/p-1. The highest BCUT2D eigenvalue weighted by atomic mass is 35.5. The highest BCUT2D eigenvalue weighted by Crippen LogP contribution is 2.07. The topological polar surface area (TPSA) is 31.5 Å². The third-order valence-electron chi connectivity index (χ3n) is 1.78. The van der Waals surface area contributed by atoms with Gasteiger partial charge in [-0.1, -0.05) is 29.8 Å². The molecule has 0 radical (unpaired) electrons. The Balaban J connectivity index is 0. The Bertz CT molecular complexity index is 251. The molecule has 0 aliphatic rings. The van der Waals surface area contributed by atoms with Crippen LogP contribution in [0.4, 0.5) is 0 Å². The summed E-state index contributed by atoms with van der Waals surface area (Å²) in [4.78, 5) is 0.